The Labute approximate surface area is 202 Å². The van der Waals surface area contributed by atoms with Gasteiger partial charge in [0, 0.05) is 28.8 Å². The molecule has 2 aromatic heterocycles. The minimum Gasteiger partial charge on any atom is -0.454 e. The van der Waals surface area contributed by atoms with E-state index in [1.165, 1.54) is 0 Å². The number of imide groups is 1. The molecule has 35 heavy (non-hydrogen) atoms. The first kappa shape index (κ1) is 22.1. The molecule has 1 aliphatic rings. The molecule has 0 unspecified atom stereocenters. The number of rotatable bonds is 4. The van der Waals surface area contributed by atoms with Crippen LogP contribution in [0.15, 0.2) is 88.0 Å². The van der Waals surface area contributed by atoms with Crippen LogP contribution in [0.5, 0.6) is 0 Å². The molecule has 0 radical (unpaired) electrons. The van der Waals surface area contributed by atoms with Crippen molar-refractivity contribution in [2.45, 2.75) is 26.8 Å². The zero-order valence-corrected chi connectivity index (χ0v) is 19.5. The SMILES string of the molecule is CC1=C(C#N)C(=O)N(C(C)C)C(=O)/C1=C/c1cn(-c2ccccc2)nc1-c1cc2ccccc2o1. The summed E-state index contributed by atoms with van der Waals surface area (Å²) in [5, 5.41) is 15.4. The summed E-state index contributed by atoms with van der Waals surface area (Å²) in [7, 11) is 0. The van der Waals surface area contributed by atoms with Crippen LogP contribution in [-0.2, 0) is 9.59 Å². The Morgan fingerprint density at radius 1 is 1.03 bits per heavy atom. The maximum absolute atomic E-state index is 13.4. The number of carbonyl (C=O) groups excluding carboxylic acids is 2. The molecule has 0 spiro atoms. The van der Waals surface area contributed by atoms with E-state index in [1.54, 1.807) is 31.5 Å². The number of nitrogens with zero attached hydrogens (tertiary/aromatic N) is 4. The minimum atomic E-state index is -0.570. The fourth-order valence-electron chi connectivity index (χ4n) is 4.22. The molecule has 2 amide bonds. The molecule has 7 heteroatoms. The van der Waals surface area contributed by atoms with Crippen molar-refractivity contribution in [2.75, 3.05) is 0 Å². The lowest BCUT2D eigenvalue weighted by Crippen LogP contribution is -2.46. The van der Waals surface area contributed by atoms with Crippen molar-refractivity contribution in [3.63, 3.8) is 0 Å². The number of furan rings is 1. The zero-order valence-electron chi connectivity index (χ0n) is 19.5. The number of para-hydroxylation sites is 2. The molecule has 5 rings (SSSR count). The average molecular weight is 463 g/mol. The van der Waals surface area contributed by atoms with Gasteiger partial charge in [-0.2, -0.15) is 10.4 Å². The molecule has 1 aliphatic heterocycles. The first-order valence-electron chi connectivity index (χ1n) is 11.2. The fraction of sp³-hybridized carbons (Fsp3) is 0.143. The van der Waals surface area contributed by atoms with Gasteiger partial charge in [-0.25, -0.2) is 4.68 Å². The highest BCUT2D eigenvalue weighted by Gasteiger charge is 2.37. The van der Waals surface area contributed by atoms with Gasteiger partial charge in [0.25, 0.3) is 11.8 Å². The summed E-state index contributed by atoms with van der Waals surface area (Å²) >= 11 is 0. The molecular formula is C28H22N4O3. The number of fused-ring (bicyclic) bond motifs is 1. The third-order valence-electron chi connectivity index (χ3n) is 6.01. The second-order valence-corrected chi connectivity index (χ2v) is 8.61. The smallest absolute Gasteiger partial charge is 0.271 e. The quantitative estimate of drug-likeness (QED) is 0.304. The molecule has 0 saturated carbocycles. The van der Waals surface area contributed by atoms with Crippen molar-refractivity contribution >= 4 is 28.9 Å². The standard InChI is InChI=1S/C28H22N4O3/c1-17(2)32-27(33)22(18(3)23(15-29)28(32)34)13-20-16-31(21-10-5-4-6-11-21)30-26(20)25-14-19-9-7-8-12-24(19)35-25/h4-14,16-17H,1-3H3/b22-13+. The molecular weight excluding hydrogens is 440 g/mol. The van der Waals surface area contributed by atoms with Gasteiger partial charge in [-0.05, 0) is 56.7 Å². The second kappa shape index (κ2) is 8.58. The van der Waals surface area contributed by atoms with Crippen LogP contribution in [-0.4, -0.2) is 32.5 Å². The Morgan fingerprint density at radius 2 is 1.74 bits per heavy atom. The van der Waals surface area contributed by atoms with Gasteiger partial charge in [0.2, 0.25) is 0 Å². The van der Waals surface area contributed by atoms with Crippen molar-refractivity contribution in [2.24, 2.45) is 0 Å². The van der Waals surface area contributed by atoms with Crippen molar-refractivity contribution in [3.8, 4) is 23.2 Å². The van der Waals surface area contributed by atoms with Crippen molar-refractivity contribution < 1.29 is 14.0 Å². The highest BCUT2D eigenvalue weighted by molar-refractivity contribution is 6.20. The third-order valence-corrected chi connectivity index (χ3v) is 6.01. The van der Waals surface area contributed by atoms with Gasteiger partial charge in [0.1, 0.15) is 22.9 Å². The van der Waals surface area contributed by atoms with Gasteiger partial charge in [-0.15, -0.1) is 0 Å². The molecule has 3 heterocycles. The molecule has 172 valence electrons. The normalized spacial score (nSPS) is 15.5. The van der Waals surface area contributed by atoms with Crippen LogP contribution in [0.1, 0.15) is 26.3 Å². The van der Waals surface area contributed by atoms with Crippen LogP contribution >= 0.6 is 0 Å². The number of hydrogen-bond acceptors (Lipinski definition) is 5. The van der Waals surface area contributed by atoms with Crippen molar-refractivity contribution in [1.29, 1.82) is 5.26 Å². The summed E-state index contributed by atoms with van der Waals surface area (Å²) in [4.78, 5) is 27.2. The van der Waals surface area contributed by atoms with Crippen LogP contribution in [0.2, 0.25) is 0 Å². The molecule has 7 nitrogen and oxygen atoms in total. The van der Waals surface area contributed by atoms with E-state index in [9.17, 15) is 14.9 Å². The Balaban J connectivity index is 1.73. The number of aromatic nitrogens is 2. The lowest BCUT2D eigenvalue weighted by atomic mass is 9.93. The van der Waals surface area contributed by atoms with E-state index < -0.39 is 17.9 Å². The largest absolute Gasteiger partial charge is 0.454 e. The predicted octanol–water partition coefficient (Wildman–Crippen LogP) is 5.29. The van der Waals surface area contributed by atoms with E-state index in [0.29, 0.717) is 22.6 Å². The highest BCUT2D eigenvalue weighted by Crippen LogP contribution is 2.34. The van der Waals surface area contributed by atoms with Crippen LogP contribution in [0.3, 0.4) is 0 Å². The van der Waals surface area contributed by atoms with E-state index in [0.717, 1.165) is 21.6 Å². The molecule has 0 bridgehead atoms. The first-order valence-corrected chi connectivity index (χ1v) is 11.2. The Kier molecular flexibility index (Phi) is 5.42. The summed E-state index contributed by atoms with van der Waals surface area (Å²) in [6.45, 7) is 5.12. The maximum atomic E-state index is 13.4. The summed E-state index contributed by atoms with van der Waals surface area (Å²) in [5.41, 5.74) is 3.33. The second-order valence-electron chi connectivity index (χ2n) is 8.61. The number of hydrogen-bond donors (Lipinski definition) is 0. The van der Waals surface area contributed by atoms with Gasteiger partial charge in [-0.3, -0.25) is 14.5 Å². The van der Waals surface area contributed by atoms with E-state index in [2.05, 4.69) is 0 Å². The molecule has 0 atom stereocenters. The Hall–Kier alpha value is -4.70. The number of nitriles is 1. The maximum Gasteiger partial charge on any atom is 0.271 e. The van der Waals surface area contributed by atoms with Crippen molar-refractivity contribution in [3.05, 3.63) is 89.1 Å². The Morgan fingerprint density at radius 3 is 2.43 bits per heavy atom. The minimum absolute atomic E-state index is 0.0368. The predicted molar refractivity (Wildman–Crippen MR) is 132 cm³/mol. The lowest BCUT2D eigenvalue weighted by Gasteiger charge is -2.30. The van der Waals surface area contributed by atoms with E-state index in [-0.39, 0.29) is 11.1 Å². The molecule has 0 aliphatic carbocycles. The summed E-state index contributed by atoms with van der Waals surface area (Å²) < 4.78 is 7.81. The summed E-state index contributed by atoms with van der Waals surface area (Å²) in [5.74, 6) is -0.459. The number of carbonyl (C=O) groups is 2. The van der Waals surface area contributed by atoms with Crippen LogP contribution in [0.4, 0.5) is 0 Å². The summed E-state index contributed by atoms with van der Waals surface area (Å²) in [6, 6.07) is 20.8. The molecule has 4 aromatic rings. The number of benzene rings is 2. The van der Waals surface area contributed by atoms with Gasteiger partial charge in [-0.1, -0.05) is 36.4 Å². The monoisotopic (exact) mass is 462 g/mol. The lowest BCUT2D eigenvalue weighted by molar-refractivity contribution is -0.142. The van der Waals surface area contributed by atoms with Crippen LogP contribution in [0, 0.1) is 11.3 Å². The van der Waals surface area contributed by atoms with Gasteiger partial charge in [0.15, 0.2) is 5.76 Å². The number of amides is 2. The van der Waals surface area contributed by atoms with Crippen LogP contribution in [0.25, 0.3) is 34.2 Å². The van der Waals surface area contributed by atoms with Gasteiger partial charge < -0.3 is 4.42 Å². The van der Waals surface area contributed by atoms with E-state index in [4.69, 9.17) is 9.52 Å². The zero-order chi connectivity index (χ0) is 24.7. The van der Waals surface area contributed by atoms with E-state index >= 15 is 0 Å². The van der Waals surface area contributed by atoms with E-state index in [1.807, 2.05) is 72.9 Å². The first-order chi connectivity index (χ1) is 16.9. The highest BCUT2D eigenvalue weighted by atomic mass is 16.3. The van der Waals surface area contributed by atoms with Crippen LogP contribution < -0.4 is 0 Å². The molecule has 0 N–H and O–H groups in total. The topological polar surface area (TPSA) is 92.1 Å². The molecule has 0 fully saturated rings. The van der Waals surface area contributed by atoms with Gasteiger partial charge >= 0.3 is 0 Å². The Bertz CT molecular complexity index is 1550. The summed E-state index contributed by atoms with van der Waals surface area (Å²) in [6.07, 6.45) is 3.50. The fourth-order valence-corrected chi connectivity index (χ4v) is 4.22. The molecule has 2 aromatic carbocycles. The third kappa shape index (κ3) is 3.75. The molecule has 0 saturated heterocycles. The van der Waals surface area contributed by atoms with Gasteiger partial charge in [0.05, 0.1) is 5.69 Å². The van der Waals surface area contributed by atoms with Crippen molar-refractivity contribution in [1.82, 2.24) is 14.7 Å². The average Bonchev–Trinajstić information content (AvgIpc) is 3.46.